The van der Waals surface area contributed by atoms with Crippen molar-refractivity contribution >= 4 is 27.1 Å². The van der Waals surface area contributed by atoms with Crippen molar-refractivity contribution in [3.8, 4) is 0 Å². The van der Waals surface area contributed by atoms with Crippen molar-refractivity contribution in [2.75, 3.05) is 30.0 Å². The van der Waals surface area contributed by atoms with Gasteiger partial charge in [-0.1, -0.05) is 12.1 Å². The summed E-state index contributed by atoms with van der Waals surface area (Å²) in [6, 6.07) is 11.6. The number of benzene rings is 1. The Morgan fingerprint density at radius 1 is 1.22 bits per heavy atom. The van der Waals surface area contributed by atoms with Crippen molar-refractivity contribution in [2.45, 2.75) is 26.3 Å². The molecule has 0 aliphatic carbocycles. The fourth-order valence-electron chi connectivity index (χ4n) is 3.44. The molecular formula is C20H25N3O3S. The number of sulfone groups is 1. The summed E-state index contributed by atoms with van der Waals surface area (Å²) in [4.78, 5) is 20.7. The zero-order chi connectivity index (χ0) is 19.6. The van der Waals surface area contributed by atoms with Crippen LogP contribution in [0.3, 0.4) is 0 Å². The van der Waals surface area contributed by atoms with E-state index in [4.69, 9.17) is 0 Å². The monoisotopic (exact) mass is 387 g/mol. The van der Waals surface area contributed by atoms with Gasteiger partial charge < -0.3 is 9.80 Å². The van der Waals surface area contributed by atoms with Gasteiger partial charge in [-0.05, 0) is 50.1 Å². The highest BCUT2D eigenvalue weighted by Crippen LogP contribution is 2.26. The number of aryl methyl sites for hydroxylation is 1. The van der Waals surface area contributed by atoms with E-state index in [-0.39, 0.29) is 23.5 Å². The second-order valence-corrected chi connectivity index (χ2v) is 9.18. The smallest absolute Gasteiger partial charge is 0.272 e. The highest BCUT2D eigenvalue weighted by molar-refractivity contribution is 7.91. The van der Waals surface area contributed by atoms with E-state index in [0.717, 1.165) is 17.9 Å². The average molecular weight is 388 g/mol. The highest BCUT2D eigenvalue weighted by atomic mass is 32.2. The summed E-state index contributed by atoms with van der Waals surface area (Å²) in [6.07, 6.45) is 2.11. The Morgan fingerprint density at radius 3 is 2.59 bits per heavy atom. The molecule has 1 saturated heterocycles. The van der Waals surface area contributed by atoms with Crippen molar-refractivity contribution in [3.63, 3.8) is 0 Å². The molecule has 0 spiro atoms. The lowest BCUT2D eigenvalue weighted by molar-refractivity contribution is 0.0742. The normalized spacial score (nSPS) is 18.3. The third kappa shape index (κ3) is 4.30. The van der Waals surface area contributed by atoms with Gasteiger partial charge in [-0.3, -0.25) is 9.78 Å². The molecule has 27 heavy (non-hydrogen) atoms. The Bertz CT molecular complexity index is 943. The summed E-state index contributed by atoms with van der Waals surface area (Å²) < 4.78 is 23.4. The Labute approximate surface area is 160 Å². The predicted octanol–water partition coefficient (Wildman–Crippen LogP) is 2.81. The first-order valence-electron chi connectivity index (χ1n) is 9.08. The Morgan fingerprint density at radius 2 is 1.96 bits per heavy atom. The molecule has 0 radical (unpaired) electrons. The van der Waals surface area contributed by atoms with E-state index >= 15 is 0 Å². The van der Waals surface area contributed by atoms with E-state index in [2.05, 4.69) is 22.9 Å². The summed E-state index contributed by atoms with van der Waals surface area (Å²) in [7, 11) is -1.39. The van der Waals surface area contributed by atoms with Crippen LogP contribution in [0.5, 0.6) is 0 Å². The Balaban J connectivity index is 1.85. The molecule has 1 atom stereocenters. The number of hydrogen-bond donors (Lipinski definition) is 0. The zero-order valence-electron chi connectivity index (χ0n) is 15.9. The van der Waals surface area contributed by atoms with Gasteiger partial charge in [0.25, 0.3) is 5.91 Å². The van der Waals surface area contributed by atoms with E-state index in [1.165, 1.54) is 10.5 Å². The number of anilines is 2. The molecule has 1 aromatic carbocycles. The van der Waals surface area contributed by atoms with E-state index in [9.17, 15) is 13.2 Å². The number of carbonyl (C=O) groups is 1. The first-order chi connectivity index (χ1) is 12.8. The molecule has 0 bridgehead atoms. The van der Waals surface area contributed by atoms with E-state index < -0.39 is 9.84 Å². The lowest BCUT2D eigenvalue weighted by Crippen LogP contribution is -2.38. The SMILES string of the molecule is CCN(c1cccc(C)c1)c1ccnc(C(=O)N(C)C2CCS(=O)(=O)C2)c1. The van der Waals surface area contributed by atoms with Gasteiger partial charge in [0.05, 0.1) is 11.5 Å². The molecule has 2 heterocycles. The maximum Gasteiger partial charge on any atom is 0.272 e. The minimum Gasteiger partial charge on any atom is -0.342 e. The van der Waals surface area contributed by atoms with Crippen molar-refractivity contribution in [1.29, 1.82) is 0 Å². The van der Waals surface area contributed by atoms with Crippen LogP contribution in [0.15, 0.2) is 42.6 Å². The van der Waals surface area contributed by atoms with E-state index in [1.807, 2.05) is 31.2 Å². The van der Waals surface area contributed by atoms with Crippen molar-refractivity contribution in [1.82, 2.24) is 9.88 Å². The maximum absolute atomic E-state index is 12.8. The summed E-state index contributed by atoms with van der Waals surface area (Å²) >= 11 is 0. The van der Waals surface area contributed by atoms with Gasteiger partial charge in [-0.2, -0.15) is 0 Å². The minimum atomic E-state index is -3.04. The third-order valence-corrected chi connectivity index (χ3v) is 6.73. The molecule has 3 rings (SSSR count). The van der Waals surface area contributed by atoms with Gasteiger partial charge >= 0.3 is 0 Å². The molecule has 1 aliphatic rings. The maximum atomic E-state index is 12.8. The molecule has 1 aromatic heterocycles. The number of carbonyl (C=O) groups excluding carboxylic acids is 1. The minimum absolute atomic E-state index is 0.0271. The second-order valence-electron chi connectivity index (χ2n) is 6.96. The van der Waals surface area contributed by atoms with Gasteiger partial charge in [-0.25, -0.2) is 8.42 Å². The van der Waals surface area contributed by atoms with Crippen LogP contribution in [-0.2, 0) is 9.84 Å². The molecule has 0 N–H and O–H groups in total. The van der Waals surface area contributed by atoms with Gasteiger partial charge in [0.15, 0.2) is 9.84 Å². The molecule has 1 aliphatic heterocycles. The van der Waals surface area contributed by atoms with Gasteiger partial charge in [-0.15, -0.1) is 0 Å². The fourth-order valence-corrected chi connectivity index (χ4v) is 5.22. The number of amides is 1. The number of hydrogen-bond acceptors (Lipinski definition) is 5. The van der Waals surface area contributed by atoms with Crippen LogP contribution < -0.4 is 4.90 Å². The topological polar surface area (TPSA) is 70.6 Å². The number of nitrogens with zero attached hydrogens (tertiary/aromatic N) is 3. The number of pyridine rings is 1. The molecule has 1 unspecified atom stereocenters. The van der Waals surface area contributed by atoms with Crippen LogP contribution in [0.1, 0.15) is 29.4 Å². The van der Waals surface area contributed by atoms with Crippen LogP contribution in [0.25, 0.3) is 0 Å². The van der Waals surface area contributed by atoms with Crippen molar-refractivity contribution in [2.24, 2.45) is 0 Å². The molecular weight excluding hydrogens is 362 g/mol. The molecule has 0 saturated carbocycles. The largest absolute Gasteiger partial charge is 0.342 e. The van der Waals surface area contributed by atoms with Crippen LogP contribution in [-0.4, -0.2) is 55.3 Å². The van der Waals surface area contributed by atoms with Crippen LogP contribution in [0.4, 0.5) is 11.4 Å². The van der Waals surface area contributed by atoms with E-state index in [0.29, 0.717) is 12.1 Å². The fraction of sp³-hybridized carbons (Fsp3) is 0.400. The Hall–Kier alpha value is -2.41. The Kier molecular flexibility index (Phi) is 5.51. The quantitative estimate of drug-likeness (QED) is 0.789. The molecule has 2 aromatic rings. The molecule has 1 amide bonds. The molecule has 6 nitrogen and oxygen atoms in total. The standard InChI is InChI=1S/C20H25N3O3S/c1-4-23(16-7-5-6-15(2)12-16)17-8-10-21-19(13-17)20(24)22(3)18-9-11-27(25,26)14-18/h5-8,10,12-13,18H,4,9,11,14H2,1-3H3. The van der Waals surface area contributed by atoms with Gasteiger partial charge in [0.1, 0.15) is 5.69 Å². The average Bonchev–Trinajstić information content (AvgIpc) is 3.01. The van der Waals surface area contributed by atoms with Gasteiger partial charge in [0, 0.05) is 37.2 Å². The summed E-state index contributed by atoms with van der Waals surface area (Å²) in [5.74, 6) is -0.0850. The van der Waals surface area contributed by atoms with Gasteiger partial charge in [0.2, 0.25) is 0 Å². The predicted molar refractivity (Wildman–Crippen MR) is 107 cm³/mol. The second kappa shape index (κ2) is 7.68. The molecule has 144 valence electrons. The third-order valence-electron chi connectivity index (χ3n) is 4.98. The van der Waals surface area contributed by atoms with Crippen molar-refractivity contribution in [3.05, 3.63) is 53.9 Å². The van der Waals surface area contributed by atoms with Crippen LogP contribution in [0, 0.1) is 6.92 Å². The first-order valence-corrected chi connectivity index (χ1v) is 10.9. The summed E-state index contributed by atoms with van der Waals surface area (Å²) in [6.45, 7) is 4.85. The summed E-state index contributed by atoms with van der Waals surface area (Å²) in [5, 5.41) is 0. The summed E-state index contributed by atoms with van der Waals surface area (Å²) in [5.41, 5.74) is 3.43. The van der Waals surface area contributed by atoms with Crippen LogP contribution in [0.2, 0.25) is 0 Å². The first kappa shape index (κ1) is 19.4. The molecule has 7 heteroatoms. The number of rotatable bonds is 5. The lowest BCUT2D eigenvalue weighted by atomic mass is 10.1. The molecule has 1 fully saturated rings. The lowest BCUT2D eigenvalue weighted by Gasteiger charge is -2.26. The van der Waals surface area contributed by atoms with Crippen LogP contribution >= 0.6 is 0 Å². The van der Waals surface area contributed by atoms with E-state index in [1.54, 1.807) is 19.3 Å². The zero-order valence-corrected chi connectivity index (χ0v) is 16.7. The highest BCUT2D eigenvalue weighted by Gasteiger charge is 2.33. The van der Waals surface area contributed by atoms with Crippen molar-refractivity contribution < 1.29 is 13.2 Å². The number of aromatic nitrogens is 1.